The van der Waals surface area contributed by atoms with E-state index in [1.165, 1.54) is 12.1 Å². The maximum Gasteiger partial charge on any atom is 0.573 e. The van der Waals surface area contributed by atoms with Gasteiger partial charge in [0, 0.05) is 31.9 Å². The molecule has 1 aliphatic heterocycles. The van der Waals surface area contributed by atoms with Crippen LogP contribution in [0, 0.1) is 0 Å². The maximum absolute atomic E-state index is 12.3. The third kappa shape index (κ3) is 5.16. The van der Waals surface area contributed by atoms with Crippen LogP contribution in [-0.4, -0.2) is 48.4 Å². The Hall–Kier alpha value is -2.68. The molecule has 0 unspecified atom stereocenters. The molecule has 2 aromatic rings. The Morgan fingerprint density at radius 2 is 1.81 bits per heavy atom. The molecule has 0 spiro atoms. The van der Waals surface area contributed by atoms with Crippen LogP contribution < -0.4 is 10.1 Å². The molecule has 0 atom stereocenters. The summed E-state index contributed by atoms with van der Waals surface area (Å²) in [4.78, 5) is 16.1. The molecular weight excluding hydrogens is 351 g/mol. The zero-order valence-electron chi connectivity index (χ0n) is 13.8. The van der Waals surface area contributed by atoms with Gasteiger partial charge >= 0.3 is 12.4 Å². The lowest BCUT2D eigenvalue weighted by molar-refractivity contribution is -0.274. The zero-order chi connectivity index (χ0) is 18.6. The van der Waals surface area contributed by atoms with Crippen LogP contribution in [0.2, 0.25) is 0 Å². The molecule has 2 amide bonds. The summed E-state index contributed by atoms with van der Waals surface area (Å²) in [7, 11) is 0. The fraction of sp³-hybridized carbons (Fsp3) is 0.353. The lowest BCUT2D eigenvalue weighted by atomic mass is 10.3. The van der Waals surface area contributed by atoms with Crippen molar-refractivity contribution in [2.75, 3.05) is 31.5 Å². The smallest absolute Gasteiger partial charge is 0.468 e. The number of hydrogen-bond acceptors (Lipinski definition) is 4. The van der Waals surface area contributed by atoms with E-state index in [1.54, 1.807) is 11.2 Å². The van der Waals surface area contributed by atoms with Gasteiger partial charge in [0.15, 0.2) is 0 Å². The van der Waals surface area contributed by atoms with Crippen molar-refractivity contribution in [2.24, 2.45) is 0 Å². The largest absolute Gasteiger partial charge is 0.573 e. The van der Waals surface area contributed by atoms with Crippen molar-refractivity contribution >= 4 is 11.7 Å². The van der Waals surface area contributed by atoms with E-state index in [0.29, 0.717) is 38.4 Å². The predicted octanol–water partition coefficient (Wildman–Crippen LogP) is 3.53. The zero-order valence-corrected chi connectivity index (χ0v) is 13.8. The number of furan rings is 1. The van der Waals surface area contributed by atoms with Gasteiger partial charge in [-0.3, -0.25) is 4.90 Å². The van der Waals surface area contributed by atoms with E-state index in [1.807, 2.05) is 12.1 Å². The van der Waals surface area contributed by atoms with Gasteiger partial charge in [-0.2, -0.15) is 0 Å². The molecule has 1 aromatic heterocycles. The van der Waals surface area contributed by atoms with Crippen LogP contribution in [0.5, 0.6) is 5.75 Å². The first-order chi connectivity index (χ1) is 12.4. The van der Waals surface area contributed by atoms with Crippen molar-refractivity contribution in [2.45, 2.75) is 12.9 Å². The fourth-order valence-electron chi connectivity index (χ4n) is 2.67. The average Bonchev–Trinajstić information content (AvgIpc) is 3.09. The minimum atomic E-state index is -4.74. The molecule has 0 saturated carbocycles. The number of rotatable bonds is 4. The highest BCUT2D eigenvalue weighted by molar-refractivity contribution is 5.89. The molecule has 140 valence electrons. The van der Waals surface area contributed by atoms with Gasteiger partial charge in [0.05, 0.1) is 12.8 Å². The van der Waals surface area contributed by atoms with Crippen LogP contribution in [0.3, 0.4) is 0 Å². The molecule has 2 heterocycles. The molecule has 26 heavy (non-hydrogen) atoms. The number of benzene rings is 1. The molecule has 0 radical (unpaired) electrons. The van der Waals surface area contributed by atoms with Crippen molar-refractivity contribution in [3.05, 3.63) is 48.4 Å². The number of anilines is 1. The number of alkyl halides is 3. The Kier molecular flexibility index (Phi) is 5.36. The van der Waals surface area contributed by atoms with Crippen molar-refractivity contribution in [3.8, 4) is 5.75 Å². The third-order valence-corrected chi connectivity index (χ3v) is 3.96. The van der Waals surface area contributed by atoms with Crippen molar-refractivity contribution in [1.29, 1.82) is 0 Å². The van der Waals surface area contributed by atoms with Crippen LogP contribution in [-0.2, 0) is 6.54 Å². The summed E-state index contributed by atoms with van der Waals surface area (Å²) < 4.78 is 45.5. The van der Waals surface area contributed by atoms with Crippen LogP contribution in [0.1, 0.15) is 5.76 Å². The van der Waals surface area contributed by atoms with E-state index < -0.39 is 6.36 Å². The first kappa shape index (κ1) is 18.1. The summed E-state index contributed by atoms with van der Waals surface area (Å²) in [6.07, 6.45) is -3.11. The minimum Gasteiger partial charge on any atom is -0.468 e. The number of nitrogens with one attached hydrogen (secondary N) is 1. The Morgan fingerprint density at radius 3 is 2.38 bits per heavy atom. The lowest BCUT2D eigenvalue weighted by Crippen LogP contribution is -2.49. The maximum atomic E-state index is 12.3. The predicted molar refractivity (Wildman–Crippen MR) is 87.7 cm³/mol. The Bertz CT molecular complexity index is 709. The van der Waals surface area contributed by atoms with E-state index >= 15 is 0 Å². The number of carbonyl (C=O) groups is 1. The molecule has 0 aliphatic carbocycles. The van der Waals surface area contributed by atoms with E-state index in [0.717, 1.165) is 17.9 Å². The first-order valence-corrected chi connectivity index (χ1v) is 8.05. The quantitative estimate of drug-likeness (QED) is 0.896. The number of nitrogens with zero attached hydrogens (tertiary/aromatic N) is 2. The van der Waals surface area contributed by atoms with Crippen LogP contribution in [0.4, 0.5) is 23.7 Å². The van der Waals surface area contributed by atoms with Crippen LogP contribution in [0.25, 0.3) is 0 Å². The number of urea groups is 1. The molecule has 1 fully saturated rings. The Morgan fingerprint density at radius 1 is 1.12 bits per heavy atom. The SMILES string of the molecule is O=C(Nc1ccc(OC(F)(F)F)cc1)N1CCN(Cc2ccco2)CC1. The summed E-state index contributed by atoms with van der Waals surface area (Å²) in [5.41, 5.74) is 0.405. The first-order valence-electron chi connectivity index (χ1n) is 8.05. The van der Waals surface area contributed by atoms with Crippen molar-refractivity contribution in [3.63, 3.8) is 0 Å². The molecule has 3 rings (SSSR count). The van der Waals surface area contributed by atoms with Gasteiger partial charge in [-0.15, -0.1) is 13.2 Å². The van der Waals surface area contributed by atoms with Gasteiger partial charge < -0.3 is 19.4 Å². The molecule has 6 nitrogen and oxygen atoms in total. The second-order valence-corrected chi connectivity index (χ2v) is 5.84. The summed E-state index contributed by atoms with van der Waals surface area (Å²) >= 11 is 0. The number of piperazine rings is 1. The van der Waals surface area contributed by atoms with Gasteiger partial charge in [0.1, 0.15) is 11.5 Å². The summed E-state index contributed by atoms with van der Waals surface area (Å²) in [6.45, 7) is 3.24. The standard InChI is InChI=1S/C17H18F3N3O3/c18-17(19,20)26-14-5-3-13(4-6-14)21-16(24)23-9-7-22(8-10-23)12-15-2-1-11-25-15/h1-6,11H,7-10,12H2,(H,21,24). The van der Waals surface area contributed by atoms with Crippen molar-refractivity contribution < 1.29 is 27.1 Å². The van der Waals surface area contributed by atoms with E-state index in [9.17, 15) is 18.0 Å². The van der Waals surface area contributed by atoms with Crippen LogP contribution in [0.15, 0.2) is 47.1 Å². The van der Waals surface area contributed by atoms with Gasteiger partial charge in [-0.1, -0.05) is 0 Å². The van der Waals surface area contributed by atoms with Gasteiger partial charge in [0.2, 0.25) is 0 Å². The number of hydrogen-bond donors (Lipinski definition) is 1. The summed E-state index contributed by atoms with van der Waals surface area (Å²) in [5, 5.41) is 2.68. The monoisotopic (exact) mass is 369 g/mol. The number of ether oxygens (including phenoxy) is 1. The van der Waals surface area contributed by atoms with E-state index in [4.69, 9.17) is 4.42 Å². The lowest BCUT2D eigenvalue weighted by Gasteiger charge is -2.34. The summed E-state index contributed by atoms with van der Waals surface area (Å²) in [6, 6.07) is 8.51. The second-order valence-electron chi connectivity index (χ2n) is 5.84. The van der Waals surface area contributed by atoms with E-state index in [-0.39, 0.29) is 11.8 Å². The van der Waals surface area contributed by atoms with Crippen molar-refractivity contribution in [1.82, 2.24) is 9.80 Å². The minimum absolute atomic E-state index is 0.285. The van der Waals surface area contributed by atoms with Crippen LogP contribution >= 0.6 is 0 Å². The molecule has 0 bridgehead atoms. The molecule has 1 N–H and O–H groups in total. The highest BCUT2D eigenvalue weighted by Gasteiger charge is 2.31. The molecular formula is C17H18F3N3O3. The molecule has 9 heteroatoms. The molecule has 1 aromatic carbocycles. The number of amides is 2. The highest BCUT2D eigenvalue weighted by Crippen LogP contribution is 2.24. The molecule has 1 aliphatic rings. The van der Waals surface area contributed by atoms with Gasteiger partial charge in [0.25, 0.3) is 0 Å². The fourth-order valence-corrected chi connectivity index (χ4v) is 2.67. The Balaban J connectivity index is 1.46. The number of carbonyl (C=O) groups excluding carboxylic acids is 1. The summed E-state index contributed by atoms with van der Waals surface area (Å²) in [5.74, 6) is 0.547. The molecule has 1 saturated heterocycles. The number of halogens is 3. The van der Waals surface area contributed by atoms with Gasteiger partial charge in [-0.25, -0.2) is 4.79 Å². The average molecular weight is 369 g/mol. The van der Waals surface area contributed by atoms with Gasteiger partial charge in [-0.05, 0) is 36.4 Å². The van der Waals surface area contributed by atoms with E-state index in [2.05, 4.69) is 15.0 Å². The topological polar surface area (TPSA) is 58.0 Å². The second kappa shape index (κ2) is 7.69. The third-order valence-electron chi connectivity index (χ3n) is 3.96. The normalized spacial score (nSPS) is 15.7. The Labute approximate surface area is 148 Å². The highest BCUT2D eigenvalue weighted by atomic mass is 19.4.